The molecule has 1 aromatic heterocycles. The molecule has 6 nitrogen and oxygen atoms in total. The Morgan fingerprint density at radius 1 is 1.43 bits per heavy atom. The van der Waals surface area contributed by atoms with Crippen LogP contribution in [0, 0.1) is 10.1 Å². The molecule has 0 spiro atoms. The molecule has 0 atom stereocenters. The highest BCUT2D eigenvalue weighted by molar-refractivity contribution is 6.41. The number of nitro benzene ring substituents is 1. The number of nitrogens with zero attached hydrogens (tertiary/aromatic N) is 3. The number of H-pyrrole nitrogens is 1. The lowest BCUT2D eigenvalue weighted by molar-refractivity contribution is -0.384. The minimum atomic E-state index is -0.654. The molecular formula is C6H2Cl2N4O2. The summed E-state index contributed by atoms with van der Waals surface area (Å²) < 4.78 is 0. The quantitative estimate of drug-likeness (QED) is 0.604. The first kappa shape index (κ1) is 9.17. The molecule has 2 aromatic rings. The number of nitrogens with one attached hydrogen (secondary N) is 1. The van der Waals surface area contributed by atoms with E-state index >= 15 is 0 Å². The van der Waals surface area contributed by atoms with Crippen LogP contribution < -0.4 is 0 Å². The second-order valence-corrected chi connectivity index (χ2v) is 3.25. The molecule has 0 aliphatic heterocycles. The van der Waals surface area contributed by atoms with Crippen molar-refractivity contribution in [3.05, 3.63) is 26.2 Å². The molecule has 0 unspecified atom stereocenters. The number of fused-ring (bicyclic) bond motifs is 1. The summed E-state index contributed by atoms with van der Waals surface area (Å²) in [5.41, 5.74) is 0.281. The Balaban J connectivity index is 2.89. The third kappa shape index (κ3) is 1.19. The Morgan fingerprint density at radius 2 is 2.14 bits per heavy atom. The average Bonchev–Trinajstić information content (AvgIpc) is 2.50. The summed E-state index contributed by atoms with van der Waals surface area (Å²) in [7, 11) is 0. The number of aromatic nitrogens is 3. The van der Waals surface area contributed by atoms with Crippen molar-refractivity contribution in [2.75, 3.05) is 0 Å². The maximum atomic E-state index is 10.6. The van der Waals surface area contributed by atoms with Gasteiger partial charge >= 0.3 is 5.69 Å². The molecule has 14 heavy (non-hydrogen) atoms. The van der Waals surface area contributed by atoms with Gasteiger partial charge in [-0.1, -0.05) is 23.2 Å². The van der Waals surface area contributed by atoms with Crippen molar-refractivity contribution >= 4 is 39.9 Å². The third-order valence-corrected chi connectivity index (χ3v) is 2.31. The molecule has 72 valence electrons. The molecule has 0 fully saturated rings. The van der Waals surface area contributed by atoms with Crippen LogP contribution in [0.1, 0.15) is 0 Å². The van der Waals surface area contributed by atoms with E-state index in [-0.39, 0.29) is 21.2 Å². The van der Waals surface area contributed by atoms with Crippen molar-refractivity contribution < 1.29 is 4.92 Å². The fraction of sp³-hybridized carbons (Fsp3) is 0. The lowest BCUT2D eigenvalue weighted by Crippen LogP contribution is -1.91. The zero-order chi connectivity index (χ0) is 10.3. The molecular weight excluding hydrogens is 231 g/mol. The number of benzene rings is 1. The SMILES string of the molecule is O=[N+]([O-])c1c(Cl)cc2n[nH]nc2c1Cl. The van der Waals surface area contributed by atoms with E-state index in [0.29, 0.717) is 5.52 Å². The van der Waals surface area contributed by atoms with E-state index in [1.807, 2.05) is 0 Å². The number of nitro groups is 1. The Morgan fingerprint density at radius 3 is 2.79 bits per heavy atom. The van der Waals surface area contributed by atoms with Crippen molar-refractivity contribution in [3.63, 3.8) is 0 Å². The lowest BCUT2D eigenvalue weighted by atomic mass is 10.3. The predicted octanol–water partition coefficient (Wildman–Crippen LogP) is 2.17. The van der Waals surface area contributed by atoms with Gasteiger partial charge in [0, 0.05) is 0 Å². The maximum absolute atomic E-state index is 10.6. The number of hydrogen-bond donors (Lipinski definition) is 1. The molecule has 0 aliphatic carbocycles. The Kier molecular flexibility index (Phi) is 2.01. The summed E-state index contributed by atoms with van der Waals surface area (Å²) in [4.78, 5) is 9.93. The van der Waals surface area contributed by atoms with E-state index in [1.54, 1.807) is 0 Å². The summed E-state index contributed by atoms with van der Waals surface area (Å²) in [6.07, 6.45) is 0. The van der Waals surface area contributed by atoms with Gasteiger partial charge in [0.2, 0.25) is 0 Å². The fourth-order valence-corrected chi connectivity index (χ4v) is 1.70. The lowest BCUT2D eigenvalue weighted by Gasteiger charge is -1.97. The predicted molar refractivity (Wildman–Crippen MR) is 50.6 cm³/mol. The van der Waals surface area contributed by atoms with Gasteiger partial charge in [-0.25, -0.2) is 0 Å². The molecule has 0 saturated carbocycles. The van der Waals surface area contributed by atoms with Gasteiger partial charge in [-0.15, -0.1) is 0 Å². The van der Waals surface area contributed by atoms with E-state index in [0.717, 1.165) is 0 Å². The second kappa shape index (κ2) is 3.07. The summed E-state index contributed by atoms with van der Waals surface area (Å²) in [6.45, 7) is 0. The van der Waals surface area contributed by atoms with E-state index in [1.165, 1.54) is 6.07 Å². The molecule has 1 aromatic carbocycles. The van der Waals surface area contributed by atoms with Crippen LogP contribution >= 0.6 is 23.2 Å². The highest BCUT2D eigenvalue weighted by atomic mass is 35.5. The molecule has 0 amide bonds. The van der Waals surface area contributed by atoms with Crippen LogP contribution in [0.25, 0.3) is 11.0 Å². The van der Waals surface area contributed by atoms with E-state index in [9.17, 15) is 10.1 Å². The van der Waals surface area contributed by atoms with Gasteiger partial charge in [-0.05, 0) is 6.07 Å². The van der Waals surface area contributed by atoms with Crippen LogP contribution in [0.4, 0.5) is 5.69 Å². The average molecular weight is 233 g/mol. The largest absolute Gasteiger partial charge is 0.308 e. The first-order chi connectivity index (χ1) is 6.61. The van der Waals surface area contributed by atoms with Crippen LogP contribution in [-0.4, -0.2) is 20.3 Å². The fourth-order valence-electron chi connectivity index (χ4n) is 1.07. The summed E-state index contributed by atoms with van der Waals surface area (Å²) in [6, 6.07) is 1.34. The Bertz CT molecular complexity index is 524. The molecule has 0 aliphatic rings. The van der Waals surface area contributed by atoms with Crippen molar-refractivity contribution in [1.29, 1.82) is 0 Å². The zero-order valence-electron chi connectivity index (χ0n) is 6.49. The van der Waals surface area contributed by atoms with Gasteiger partial charge in [-0.3, -0.25) is 10.1 Å². The van der Waals surface area contributed by atoms with Gasteiger partial charge in [0.1, 0.15) is 21.1 Å². The first-order valence-electron chi connectivity index (χ1n) is 3.44. The van der Waals surface area contributed by atoms with Gasteiger partial charge in [0.15, 0.2) is 0 Å². The Labute approximate surface area is 87.0 Å². The van der Waals surface area contributed by atoms with Gasteiger partial charge in [-0.2, -0.15) is 15.4 Å². The molecule has 0 saturated heterocycles. The van der Waals surface area contributed by atoms with E-state index < -0.39 is 4.92 Å². The summed E-state index contributed by atoms with van der Waals surface area (Å²) >= 11 is 11.4. The number of aromatic amines is 1. The van der Waals surface area contributed by atoms with Gasteiger partial charge < -0.3 is 0 Å². The molecule has 0 bridgehead atoms. The molecule has 8 heteroatoms. The topological polar surface area (TPSA) is 84.7 Å². The third-order valence-electron chi connectivity index (χ3n) is 1.66. The summed E-state index contributed by atoms with van der Waals surface area (Å²) in [5.74, 6) is 0. The van der Waals surface area contributed by atoms with Crippen LogP contribution in [0.15, 0.2) is 6.07 Å². The minimum Gasteiger partial charge on any atom is -0.258 e. The van der Waals surface area contributed by atoms with Crippen LogP contribution in [0.5, 0.6) is 0 Å². The number of halogens is 2. The molecule has 2 rings (SSSR count). The van der Waals surface area contributed by atoms with Crippen LogP contribution in [-0.2, 0) is 0 Å². The van der Waals surface area contributed by atoms with E-state index in [2.05, 4.69) is 15.4 Å². The zero-order valence-corrected chi connectivity index (χ0v) is 8.00. The van der Waals surface area contributed by atoms with Crippen molar-refractivity contribution in [3.8, 4) is 0 Å². The molecule has 1 heterocycles. The van der Waals surface area contributed by atoms with Gasteiger partial charge in [0.25, 0.3) is 0 Å². The second-order valence-electron chi connectivity index (χ2n) is 2.47. The molecule has 0 radical (unpaired) electrons. The van der Waals surface area contributed by atoms with Crippen LogP contribution in [0.3, 0.4) is 0 Å². The Hall–Kier alpha value is -1.40. The molecule has 1 N–H and O–H groups in total. The van der Waals surface area contributed by atoms with Crippen molar-refractivity contribution in [1.82, 2.24) is 15.4 Å². The normalized spacial score (nSPS) is 10.7. The van der Waals surface area contributed by atoms with Gasteiger partial charge in [0.05, 0.1) is 4.92 Å². The highest BCUT2D eigenvalue weighted by Crippen LogP contribution is 2.36. The number of hydrogen-bond acceptors (Lipinski definition) is 4. The minimum absolute atomic E-state index is 0.0543. The maximum Gasteiger partial charge on any atom is 0.308 e. The van der Waals surface area contributed by atoms with Crippen molar-refractivity contribution in [2.45, 2.75) is 0 Å². The number of rotatable bonds is 1. The van der Waals surface area contributed by atoms with Crippen LogP contribution in [0.2, 0.25) is 10.0 Å². The van der Waals surface area contributed by atoms with Crippen molar-refractivity contribution in [2.24, 2.45) is 0 Å². The summed E-state index contributed by atoms with van der Waals surface area (Å²) in [5, 5.41) is 20.1. The monoisotopic (exact) mass is 232 g/mol. The smallest absolute Gasteiger partial charge is 0.258 e. The standard InChI is InChI=1S/C6H2Cl2N4O2/c7-2-1-3-5(10-11-9-3)4(8)6(2)12(13)14/h1H,(H,9,10,11). The highest BCUT2D eigenvalue weighted by Gasteiger charge is 2.22. The first-order valence-corrected chi connectivity index (χ1v) is 4.19. The van der Waals surface area contributed by atoms with E-state index in [4.69, 9.17) is 23.2 Å².